The third-order valence-electron chi connectivity index (χ3n) is 5.87. The standard InChI is InChI=1S/C24H27NO4/c1-16(23(26)25-15-17-9-3-2-4-10-17)28-24(27)22-18-11-5-7-13-20(18)29-21-14-8-6-12-19(21)22/h5-8,11-14,16-17,22H,2-4,9-10,15H2,1H3,(H,25,26). The minimum Gasteiger partial charge on any atom is -0.457 e. The highest BCUT2D eigenvalue weighted by Gasteiger charge is 2.35. The number of amides is 1. The van der Waals surface area contributed by atoms with Gasteiger partial charge < -0.3 is 14.8 Å². The van der Waals surface area contributed by atoms with Crippen molar-refractivity contribution < 1.29 is 19.1 Å². The summed E-state index contributed by atoms with van der Waals surface area (Å²) in [5.74, 6) is 0.533. The normalized spacial score (nSPS) is 17.4. The predicted octanol–water partition coefficient (Wildman–Crippen LogP) is 4.55. The van der Waals surface area contributed by atoms with Crippen LogP contribution in [0, 0.1) is 5.92 Å². The summed E-state index contributed by atoms with van der Waals surface area (Å²) in [7, 11) is 0. The number of para-hydroxylation sites is 2. The summed E-state index contributed by atoms with van der Waals surface area (Å²) in [6.07, 6.45) is 5.22. The molecular weight excluding hydrogens is 366 g/mol. The van der Waals surface area contributed by atoms with Gasteiger partial charge in [0.15, 0.2) is 6.10 Å². The van der Waals surface area contributed by atoms with Gasteiger partial charge in [0.1, 0.15) is 17.4 Å². The molecule has 2 aliphatic rings. The van der Waals surface area contributed by atoms with Gasteiger partial charge in [0, 0.05) is 17.7 Å². The van der Waals surface area contributed by atoms with Crippen LogP contribution in [0.1, 0.15) is 56.1 Å². The molecule has 0 radical (unpaired) electrons. The fourth-order valence-electron chi connectivity index (χ4n) is 4.24. The van der Waals surface area contributed by atoms with Crippen molar-refractivity contribution in [3.8, 4) is 11.5 Å². The van der Waals surface area contributed by atoms with E-state index >= 15 is 0 Å². The van der Waals surface area contributed by atoms with Gasteiger partial charge in [0.05, 0.1) is 0 Å². The molecular formula is C24H27NO4. The van der Waals surface area contributed by atoms with Gasteiger partial charge in [-0.15, -0.1) is 0 Å². The van der Waals surface area contributed by atoms with Gasteiger partial charge in [0.25, 0.3) is 5.91 Å². The van der Waals surface area contributed by atoms with Gasteiger partial charge in [-0.2, -0.15) is 0 Å². The van der Waals surface area contributed by atoms with Crippen LogP contribution in [0.25, 0.3) is 0 Å². The quantitative estimate of drug-likeness (QED) is 0.757. The molecule has 2 aromatic carbocycles. The second-order valence-electron chi connectivity index (χ2n) is 7.94. The summed E-state index contributed by atoms with van der Waals surface area (Å²) in [4.78, 5) is 25.6. The molecule has 1 N–H and O–H groups in total. The van der Waals surface area contributed by atoms with Crippen molar-refractivity contribution in [1.82, 2.24) is 5.32 Å². The van der Waals surface area contributed by atoms with Crippen LogP contribution >= 0.6 is 0 Å². The summed E-state index contributed by atoms with van der Waals surface area (Å²) < 4.78 is 11.5. The zero-order chi connectivity index (χ0) is 20.2. The van der Waals surface area contributed by atoms with Crippen molar-refractivity contribution in [2.45, 2.75) is 51.0 Å². The first kappa shape index (κ1) is 19.5. The molecule has 29 heavy (non-hydrogen) atoms. The number of benzene rings is 2. The summed E-state index contributed by atoms with van der Waals surface area (Å²) in [5, 5.41) is 2.96. The Morgan fingerprint density at radius 2 is 1.59 bits per heavy atom. The number of esters is 1. The summed E-state index contributed by atoms with van der Waals surface area (Å²) in [6.45, 7) is 2.29. The monoisotopic (exact) mass is 393 g/mol. The Morgan fingerprint density at radius 3 is 2.21 bits per heavy atom. The number of carbonyl (C=O) groups is 2. The Morgan fingerprint density at radius 1 is 1.00 bits per heavy atom. The molecule has 5 heteroatoms. The highest BCUT2D eigenvalue weighted by atomic mass is 16.5. The second-order valence-corrected chi connectivity index (χ2v) is 7.94. The molecule has 1 aliphatic carbocycles. The lowest BCUT2D eigenvalue weighted by atomic mass is 9.88. The third kappa shape index (κ3) is 4.29. The van der Waals surface area contributed by atoms with Crippen LogP contribution in [0.15, 0.2) is 48.5 Å². The number of hydrogen-bond donors (Lipinski definition) is 1. The molecule has 1 saturated carbocycles. The van der Waals surface area contributed by atoms with Gasteiger partial charge in [-0.1, -0.05) is 55.7 Å². The van der Waals surface area contributed by atoms with Crippen LogP contribution in [0.5, 0.6) is 11.5 Å². The molecule has 0 saturated heterocycles. The maximum atomic E-state index is 13.1. The molecule has 1 atom stereocenters. The maximum Gasteiger partial charge on any atom is 0.318 e. The maximum absolute atomic E-state index is 13.1. The fourth-order valence-corrected chi connectivity index (χ4v) is 4.24. The lowest BCUT2D eigenvalue weighted by Gasteiger charge is -2.28. The molecule has 1 unspecified atom stereocenters. The van der Waals surface area contributed by atoms with Gasteiger partial charge in [-0.05, 0) is 37.8 Å². The number of carbonyl (C=O) groups excluding carboxylic acids is 2. The Bertz CT molecular complexity index is 842. The van der Waals surface area contributed by atoms with Crippen molar-refractivity contribution >= 4 is 11.9 Å². The van der Waals surface area contributed by atoms with Crippen molar-refractivity contribution in [3.63, 3.8) is 0 Å². The van der Waals surface area contributed by atoms with E-state index in [-0.39, 0.29) is 5.91 Å². The van der Waals surface area contributed by atoms with E-state index in [0.29, 0.717) is 24.0 Å². The lowest BCUT2D eigenvalue weighted by molar-refractivity contribution is -0.155. The Kier molecular flexibility index (Phi) is 5.84. The zero-order valence-corrected chi connectivity index (χ0v) is 16.7. The molecule has 1 fully saturated rings. The van der Waals surface area contributed by atoms with E-state index in [0.717, 1.165) is 24.0 Å². The summed E-state index contributed by atoms with van der Waals surface area (Å²) >= 11 is 0. The van der Waals surface area contributed by atoms with E-state index in [1.165, 1.54) is 19.3 Å². The average molecular weight is 393 g/mol. The van der Waals surface area contributed by atoms with Crippen LogP contribution in [0.3, 0.4) is 0 Å². The number of hydrogen-bond acceptors (Lipinski definition) is 4. The van der Waals surface area contributed by atoms with Crippen molar-refractivity contribution in [2.24, 2.45) is 5.92 Å². The SMILES string of the molecule is CC(OC(=O)C1c2ccccc2Oc2ccccc21)C(=O)NCC1CCCCC1. The van der Waals surface area contributed by atoms with Gasteiger partial charge in [-0.3, -0.25) is 9.59 Å². The number of rotatable bonds is 5. The lowest BCUT2D eigenvalue weighted by Crippen LogP contribution is -2.39. The van der Waals surface area contributed by atoms with Crippen LogP contribution in [0.2, 0.25) is 0 Å². The van der Waals surface area contributed by atoms with Gasteiger partial charge in [-0.25, -0.2) is 0 Å². The topological polar surface area (TPSA) is 64.6 Å². The molecule has 4 rings (SSSR count). The first-order valence-electron chi connectivity index (χ1n) is 10.5. The third-order valence-corrected chi connectivity index (χ3v) is 5.87. The van der Waals surface area contributed by atoms with Crippen molar-refractivity contribution in [3.05, 3.63) is 59.7 Å². The first-order chi connectivity index (χ1) is 14.1. The Labute approximate surface area is 171 Å². The van der Waals surface area contributed by atoms with E-state index in [9.17, 15) is 9.59 Å². The smallest absolute Gasteiger partial charge is 0.318 e. The molecule has 0 aromatic heterocycles. The molecule has 1 aliphatic heterocycles. The van der Waals surface area contributed by atoms with Crippen molar-refractivity contribution in [1.29, 1.82) is 0 Å². The van der Waals surface area contributed by atoms with Crippen LogP contribution < -0.4 is 10.1 Å². The van der Waals surface area contributed by atoms with Crippen LogP contribution in [0.4, 0.5) is 0 Å². The minimum atomic E-state index is -0.840. The van der Waals surface area contributed by atoms with Crippen LogP contribution in [-0.4, -0.2) is 24.5 Å². The van der Waals surface area contributed by atoms with E-state index in [2.05, 4.69) is 5.32 Å². The van der Waals surface area contributed by atoms with Crippen molar-refractivity contribution in [2.75, 3.05) is 6.54 Å². The first-order valence-corrected chi connectivity index (χ1v) is 10.5. The average Bonchev–Trinajstić information content (AvgIpc) is 2.76. The summed E-state index contributed by atoms with van der Waals surface area (Å²) in [5.41, 5.74) is 1.51. The molecule has 0 spiro atoms. The molecule has 0 bridgehead atoms. The largest absolute Gasteiger partial charge is 0.457 e. The summed E-state index contributed by atoms with van der Waals surface area (Å²) in [6, 6.07) is 14.9. The Hall–Kier alpha value is -2.82. The number of ether oxygens (including phenoxy) is 2. The van der Waals surface area contributed by atoms with E-state index in [4.69, 9.17) is 9.47 Å². The number of fused-ring (bicyclic) bond motifs is 2. The predicted molar refractivity (Wildman–Crippen MR) is 110 cm³/mol. The second kappa shape index (κ2) is 8.68. The van der Waals surface area contributed by atoms with Crippen LogP contribution in [-0.2, 0) is 14.3 Å². The molecule has 1 heterocycles. The van der Waals surface area contributed by atoms with E-state index in [1.807, 2.05) is 48.5 Å². The molecule has 1 amide bonds. The van der Waals surface area contributed by atoms with Gasteiger partial charge >= 0.3 is 5.97 Å². The highest BCUT2D eigenvalue weighted by molar-refractivity contribution is 5.89. The molecule has 2 aromatic rings. The molecule has 152 valence electrons. The minimum absolute atomic E-state index is 0.238. The Balaban J connectivity index is 1.44. The number of nitrogens with one attached hydrogen (secondary N) is 1. The molecule has 5 nitrogen and oxygen atoms in total. The van der Waals surface area contributed by atoms with E-state index in [1.54, 1.807) is 6.92 Å². The van der Waals surface area contributed by atoms with Gasteiger partial charge in [0.2, 0.25) is 0 Å². The van der Waals surface area contributed by atoms with E-state index < -0.39 is 18.0 Å². The zero-order valence-electron chi connectivity index (χ0n) is 16.7. The fraction of sp³-hybridized carbons (Fsp3) is 0.417. The highest BCUT2D eigenvalue weighted by Crippen LogP contribution is 2.44.